The van der Waals surface area contributed by atoms with Crippen LogP contribution in [0, 0.1) is 0 Å². The third-order valence-corrected chi connectivity index (χ3v) is 8.40. The van der Waals surface area contributed by atoms with Gasteiger partial charge in [-0.1, -0.05) is 66.7 Å². The van der Waals surface area contributed by atoms with Crippen molar-refractivity contribution in [3.8, 4) is 33.6 Å². The molecule has 0 N–H and O–H groups in total. The van der Waals surface area contributed by atoms with Crippen molar-refractivity contribution < 1.29 is 9.13 Å². The molecule has 0 amide bonds. The van der Waals surface area contributed by atoms with Crippen molar-refractivity contribution in [2.75, 3.05) is 0 Å². The Bertz CT molecular complexity index is 1850. The van der Waals surface area contributed by atoms with E-state index in [2.05, 4.69) is 119 Å². The monoisotopic (exact) mass is 476 g/mol. The zero-order valence-electron chi connectivity index (χ0n) is 20.8. The fraction of sp³-hybridized carbons (Fsp3) is 0.143. The lowest BCUT2D eigenvalue weighted by atomic mass is 9.80. The molecule has 2 nitrogen and oxygen atoms in total. The Balaban J connectivity index is 1.59. The number of benzene rings is 4. The minimum Gasteiger partial charge on any atom is -0.198 e. The molecule has 8 rings (SSSR count). The molecule has 0 unspecified atom stereocenters. The molecule has 2 aliphatic heterocycles. The predicted molar refractivity (Wildman–Crippen MR) is 150 cm³/mol. The number of fused-ring (bicyclic) bond motifs is 11. The quantitative estimate of drug-likeness (QED) is 0.224. The number of nitrogens with zero attached hydrogens (tertiary/aromatic N) is 2. The maximum atomic E-state index is 2.53. The molecule has 4 heterocycles. The first-order chi connectivity index (χ1) is 18.4. The van der Waals surface area contributed by atoms with Gasteiger partial charge in [-0.2, -0.15) is 9.13 Å². The topological polar surface area (TPSA) is 7.76 Å². The van der Waals surface area contributed by atoms with Gasteiger partial charge in [0.1, 0.15) is 6.54 Å². The first-order valence-corrected chi connectivity index (χ1v) is 13.4. The van der Waals surface area contributed by atoms with Crippen molar-refractivity contribution in [3.63, 3.8) is 0 Å². The van der Waals surface area contributed by atoms with Crippen LogP contribution in [0.4, 0.5) is 0 Å². The molecule has 0 atom stereocenters. The van der Waals surface area contributed by atoms with E-state index in [4.69, 9.17) is 0 Å². The van der Waals surface area contributed by atoms with E-state index < -0.39 is 0 Å². The highest BCUT2D eigenvalue weighted by Crippen LogP contribution is 2.46. The zero-order valence-corrected chi connectivity index (χ0v) is 20.8. The number of hydrogen-bond donors (Lipinski definition) is 0. The molecule has 6 aromatic rings. The van der Waals surface area contributed by atoms with E-state index in [1.807, 2.05) is 0 Å². The lowest BCUT2D eigenvalue weighted by Gasteiger charge is -2.24. The highest BCUT2D eigenvalue weighted by Gasteiger charge is 2.36. The van der Waals surface area contributed by atoms with E-state index >= 15 is 0 Å². The number of rotatable bonds is 1. The van der Waals surface area contributed by atoms with Crippen LogP contribution in [0.25, 0.3) is 55.2 Å². The van der Waals surface area contributed by atoms with E-state index in [-0.39, 0.29) is 0 Å². The SMILES string of the molecule is c1ccc(-c2cc3c(c4c2CC[n+]2ccc5ccccc5c2-4)-c2c4ccccc4cc[n+]2CCC3)cc1. The van der Waals surface area contributed by atoms with Gasteiger partial charge in [0.15, 0.2) is 18.9 Å². The van der Waals surface area contributed by atoms with Gasteiger partial charge in [0.25, 0.3) is 0 Å². The van der Waals surface area contributed by atoms with Gasteiger partial charge < -0.3 is 0 Å². The summed E-state index contributed by atoms with van der Waals surface area (Å²) < 4.78 is 5.01. The summed E-state index contributed by atoms with van der Waals surface area (Å²) in [6.07, 6.45) is 7.88. The highest BCUT2D eigenvalue weighted by molar-refractivity contribution is 6.04. The second-order valence-electron chi connectivity index (χ2n) is 10.4. The molecule has 2 aliphatic rings. The zero-order chi connectivity index (χ0) is 24.3. The van der Waals surface area contributed by atoms with Gasteiger partial charge in [-0.25, -0.2) is 0 Å². The van der Waals surface area contributed by atoms with Gasteiger partial charge in [0.2, 0.25) is 11.4 Å². The summed E-state index contributed by atoms with van der Waals surface area (Å²) >= 11 is 0. The Labute approximate surface area is 217 Å². The van der Waals surface area contributed by atoms with Crippen molar-refractivity contribution in [1.82, 2.24) is 0 Å². The van der Waals surface area contributed by atoms with Crippen LogP contribution in [-0.2, 0) is 25.9 Å². The average molecular weight is 477 g/mol. The standard InChI is InChI=1S/C35H28N2/c1-2-9-24(10-3-1)31-23-27-13-8-19-36-20-16-25-11-4-6-14-28(25)34(36)32(27)33-30(31)18-22-37-21-17-26-12-5-7-15-29(26)35(33)37/h1-7,9-12,14-17,20-21,23H,8,13,18-19,22H2/q+2. The molecular formula is C35H28N2+2. The Morgan fingerprint density at radius 3 is 1.89 bits per heavy atom. The smallest absolute Gasteiger partial charge is 0.198 e. The summed E-state index contributed by atoms with van der Waals surface area (Å²) in [6.45, 7) is 2.04. The van der Waals surface area contributed by atoms with Crippen molar-refractivity contribution in [1.29, 1.82) is 0 Å². The van der Waals surface area contributed by atoms with Crippen LogP contribution in [0.15, 0.2) is 109 Å². The maximum absolute atomic E-state index is 2.53. The molecule has 0 saturated heterocycles. The molecule has 4 aromatic carbocycles. The molecular weight excluding hydrogens is 448 g/mol. The van der Waals surface area contributed by atoms with Crippen molar-refractivity contribution in [2.45, 2.75) is 32.4 Å². The lowest BCUT2D eigenvalue weighted by Crippen LogP contribution is -2.41. The minimum atomic E-state index is 1.00. The second-order valence-corrected chi connectivity index (χ2v) is 10.4. The van der Waals surface area contributed by atoms with Gasteiger partial charge in [-0.15, -0.1) is 0 Å². The number of hydrogen-bond acceptors (Lipinski definition) is 0. The van der Waals surface area contributed by atoms with Gasteiger partial charge >= 0.3 is 0 Å². The molecule has 2 aromatic heterocycles. The van der Waals surface area contributed by atoms with Crippen LogP contribution in [0.5, 0.6) is 0 Å². The summed E-state index contributed by atoms with van der Waals surface area (Å²) in [5.41, 5.74) is 11.3. The average Bonchev–Trinajstić information content (AvgIpc) is 3.16. The Kier molecular flexibility index (Phi) is 4.57. The van der Waals surface area contributed by atoms with E-state index in [1.165, 1.54) is 66.3 Å². The van der Waals surface area contributed by atoms with E-state index in [1.54, 1.807) is 0 Å². The van der Waals surface area contributed by atoms with Crippen LogP contribution in [-0.4, -0.2) is 0 Å². The van der Waals surface area contributed by atoms with Crippen LogP contribution in [0.2, 0.25) is 0 Å². The molecule has 2 heteroatoms. The third-order valence-electron chi connectivity index (χ3n) is 8.40. The van der Waals surface area contributed by atoms with Gasteiger partial charge in [-0.05, 0) is 57.6 Å². The molecule has 0 fully saturated rings. The lowest BCUT2D eigenvalue weighted by molar-refractivity contribution is -0.687. The summed E-state index contributed by atoms with van der Waals surface area (Å²) in [6, 6.07) is 35.9. The first kappa shape index (κ1) is 20.8. The highest BCUT2D eigenvalue weighted by atomic mass is 15.0. The molecule has 0 radical (unpaired) electrons. The summed E-state index contributed by atoms with van der Waals surface area (Å²) in [5.74, 6) is 0. The van der Waals surface area contributed by atoms with Gasteiger partial charge in [0, 0.05) is 25.0 Å². The summed E-state index contributed by atoms with van der Waals surface area (Å²) in [4.78, 5) is 0. The molecule has 0 bridgehead atoms. The fourth-order valence-corrected chi connectivity index (χ4v) is 6.76. The van der Waals surface area contributed by atoms with Crippen molar-refractivity contribution in [2.24, 2.45) is 0 Å². The second kappa shape index (κ2) is 8.11. The van der Waals surface area contributed by atoms with E-state index in [0.29, 0.717) is 0 Å². The molecule has 37 heavy (non-hydrogen) atoms. The Morgan fingerprint density at radius 2 is 1.16 bits per heavy atom. The van der Waals surface area contributed by atoms with Crippen LogP contribution in [0.1, 0.15) is 17.5 Å². The molecule has 0 aliphatic carbocycles. The van der Waals surface area contributed by atoms with Crippen LogP contribution >= 0.6 is 0 Å². The molecule has 0 spiro atoms. The number of pyridine rings is 2. The van der Waals surface area contributed by atoms with Gasteiger partial charge in [0.05, 0.1) is 21.9 Å². The summed E-state index contributed by atoms with van der Waals surface area (Å²) in [7, 11) is 0. The predicted octanol–water partition coefficient (Wildman–Crippen LogP) is 7.07. The summed E-state index contributed by atoms with van der Waals surface area (Å²) in [5, 5.41) is 5.30. The maximum Gasteiger partial charge on any atom is 0.221 e. The molecule has 176 valence electrons. The number of aryl methyl sites for hydroxylation is 3. The Morgan fingerprint density at radius 1 is 0.541 bits per heavy atom. The first-order valence-electron chi connectivity index (χ1n) is 13.4. The van der Waals surface area contributed by atoms with E-state index in [0.717, 1.165) is 32.4 Å². The van der Waals surface area contributed by atoms with Crippen LogP contribution < -0.4 is 9.13 Å². The van der Waals surface area contributed by atoms with Crippen molar-refractivity contribution in [3.05, 3.63) is 121 Å². The number of aromatic nitrogens is 2. The van der Waals surface area contributed by atoms with Crippen molar-refractivity contribution >= 4 is 21.5 Å². The third kappa shape index (κ3) is 3.12. The van der Waals surface area contributed by atoms with E-state index in [9.17, 15) is 0 Å². The largest absolute Gasteiger partial charge is 0.221 e. The normalized spacial score (nSPS) is 13.9. The van der Waals surface area contributed by atoms with Gasteiger partial charge in [-0.3, -0.25) is 0 Å². The Hall–Kier alpha value is -4.30. The van der Waals surface area contributed by atoms with Crippen LogP contribution in [0.3, 0.4) is 0 Å². The fourth-order valence-electron chi connectivity index (χ4n) is 6.76. The molecule has 0 saturated carbocycles. The minimum absolute atomic E-state index is 1.00.